The van der Waals surface area contributed by atoms with Crippen molar-refractivity contribution in [3.05, 3.63) is 41.1 Å². The van der Waals surface area contributed by atoms with Crippen LogP contribution in [0, 0.1) is 0 Å². The van der Waals surface area contributed by atoms with E-state index in [-0.39, 0.29) is 24.0 Å². The SMILES string of the molecule is CN(C)C(=O)NC1CCCC(NC2=NC(c3c[nH]c4ncc(Cl)cc34)NC=C2F)C1. The van der Waals surface area contributed by atoms with Crippen LogP contribution >= 0.6 is 11.6 Å². The predicted molar refractivity (Wildman–Crippen MR) is 115 cm³/mol. The summed E-state index contributed by atoms with van der Waals surface area (Å²) < 4.78 is 14.5. The first-order valence-electron chi connectivity index (χ1n) is 9.97. The van der Waals surface area contributed by atoms with E-state index in [1.165, 1.54) is 11.1 Å². The van der Waals surface area contributed by atoms with Crippen LogP contribution in [0.3, 0.4) is 0 Å². The fourth-order valence-electron chi connectivity index (χ4n) is 3.89. The molecule has 4 rings (SSSR count). The van der Waals surface area contributed by atoms with E-state index in [0.717, 1.165) is 36.6 Å². The molecule has 30 heavy (non-hydrogen) atoms. The largest absolute Gasteiger partial charge is 0.365 e. The van der Waals surface area contributed by atoms with Gasteiger partial charge in [0.25, 0.3) is 0 Å². The second-order valence-electron chi connectivity index (χ2n) is 7.88. The molecule has 4 N–H and O–H groups in total. The molecule has 2 aromatic heterocycles. The van der Waals surface area contributed by atoms with Gasteiger partial charge in [-0.25, -0.2) is 19.2 Å². The number of pyridine rings is 1. The maximum absolute atomic E-state index is 14.5. The number of aromatic nitrogens is 2. The van der Waals surface area contributed by atoms with Gasteiger partial charge in [0, 0.05) is 55.7 Å². The molecule has 1 saturated carbocycles. The van der Waals surface area contributed by atoms with Crippen LogP contribution in [-0.4, -0.2) is 52.9 Å². The summed E-state index contributed by atoms with van der Waals surface area (Å²) in [5.74, 6) is -0.227. The van der Waals surface area contributed by atoms with Crippen molar-refractivity contribution in [3.63, 3.8) is 0 Å². The van der Waals surface area contributed by atoms with Crippen molar-refractivity contribution in [3.8, 4) is 0 Å². The highest BCUT2D eigenvalue weighted by atomic mass is 35.5. The summed E-state index contributed by atoms with van der Waals surface area (Å²) in [4.78, 5) is 25.4. The Bertz CT molecular complexity index is 1000. The molecular weight excluding hydrogens is 409 g/mol. The molecule has 10 heteroatoms. The van der Waals surface area contributed by atoms with Gasteiger partial charge in [0.1, 0.15) is 11.8 Å². The molecule has 0 radical (unpaired) electrons. The molecule has 3 heterocycles. The number of H-pyrrole nitrogens is 1. The second kappa shape index (κ2) is 8.51. The number of rotatable bonds is 3. The van der Waals surface area contributed by atoms with Crippen molar-refractivity contribution in [1.82, 2.24) is 30.8 Å². The van der Waals surface area contributed by atoms with E-state index in [2.05, 4.69) is 30.9 Å². The zero-order valence-electron chi connectivity index (χ0n) is 16.9. The number of nitrogens with one attached hydrogen (secondary N) is 4. The molecule has 1 aliphatic carbocycles. The lowest BCUT2D eigenvalue weighted by Gasteiger charge is -2.32. The van der Waals surface area contributed by atoms with E-state index < -0.39 is 12.0 Å². The molecule has 2 aromatic rings. The van der Waals surface area contributed by atoms with Gasteiger partial charge in [-0.05, 0) is 31.7 Å². The van der Waals surface area contributed by atoms with Gasteiger partial charge in [-0.1, -0.05) is 11.6 Å². The lowest BCUT2D eigenvalue weighted by molar-refractivity contribution is 0.206. The number of carbonyl (C=O) groups is 1. The van der Waals surface area contributed by atoms with E-state index in [9.17, 15) is 9.18 Å². The molecular formula is C20H25ClFN7O. The van der Waals surface area contributed by atoms with Gasteiger partial charge in [-0.2, -0.15) is 0 Å². The Hall–Kier alpha value is -2.81. The molecule has 0 spiro atoms. The summed E-state index contributed by atoms with van der Waals surface area (Å²) in [6.45, 7) is 0. The summed E-state index contributed by atoms with van der Waals surface area (Å²) >= 11 is 6.09. The highest BCUT2D eigenvalue weighted by Gasteiger charge is 2.27. The lowest BCUT2D eigenvalue weighted by atomic mass is 9.91. The first-order valence-corrected chi connectivity index (χ1v) is 10.4. The number of hydrogen-bond donors (Lipinski definition) is 4. The van der Waals surface area contributed by atoms with Crippen LogP contribution in [0.2, 0.25) is 5.02 Å². The minimum atomic E-state index is -0.464. The second-order valence-corrected chi connectivity index (χ2v) is 8.32. The standard InChI is InChI=1S/C20H25ClFN7O/c1-29(2)20(30)27-13-5-3-4-12(7-13)26-19-16(22)10-25-18(28-19)15-9-24-17-14(15)6-11(21)8-23-17/h6,8-10,12-13,18,25H,3-5,7H2,1-2H3,(H,23,24)(H,26,28)(H,27,30). The van der Waals surface area contributed by atoms with Gasteiger partial charge in [0.05, 0.1) is 5.02 Å². The molecule has 0 saturated heterocycles. The van der Waals surface area contributed by atoms with Crippen molar-refractivity contribution in [2.45, 2.75) is 43.9 Å². The Morgan fingerprint density at radius 3 is 2.93 bits per heavy atom. The van der Waals surface area contributed by atoms with Gasteiger partial charge in [-0.3, -0.25) is 0 Å². The topological polar surface area (TPSA) is 97.4 Å². The summed E-state index contributed by atoms with van der Waals surface area (Å²) in [6, 6.07) is 1.78. The molecule has 1 fully saturated rings. The maximum atomic E-state index is 14.5. The average molecular weight is 434 g/mol. The Balaban J connectivity index is 1.48. The number of aromatic amines is 1. The number of aliphatic imine (C=N–C) groups is 1. The summed E-state index contributed by atoms with van der Waals surface area (Å²) in [5.41, 5.74) is 1.53. The van der Waals surface area contributed by atoms with Crippen LogP contribution in [0.1, 0.15) is 37.4 Å². The number of fused-ring (bicyclic) bond motifs is 1. The number of amidine groups is 1. The summed E-state index contributed by atoms with van der Waals surface area (Å²) in [6.07, 6.45) is 7.71. The highest BCUT2D eigenvalue weighted by molar-refractivity contribution is 6.31. The van der Waals surface area contributed by atoms with Crippen molar-refractivity contribution < 1.29 is 9.18 Å². The number of carbonyl (C=O) groups excluding carboxylic acids is 1. The molecule has 2 amide bonds. The van der Waals surface area contributed by atoms with Crippen LogP contribution in [-0.2, 0) is 0 Å². The first-order chi connectivity index (χ1) is 14.4. The zero-order chi connectivity index (χ0) is 21.3. The van der Waals surface area contributed by atoms with Crippen LogP contribution in [0.25, 0.3) is 11.0 Å². The highest BCUT2D eigenvalue weighted by Crippen LogP contribution is 2.28. The molecule has 2 aliphatic rings. The Morgan fingerprint density at radius 2 is 2.13 bits per heavy atom. The number of nitrogens with zero attached hydrogens (tertiary/aromatic N) is 3. The van der Waals surface area contributed by atoms with Crippen molar-refractivity contribution in [1.29, 1.82) is 0 Å². The fourth-order valence-corrected chi connectivity index (χ4v) is 4.05. The Morgan fingerprint density at radius 1 is 1.33 bits per heavy atom. The third-order valence-corrected chi connectivity index (χ3v) is 5.63. The van der Waals surface area contributed by atoms with Crippen LogP contribution in [0.4, 0.5) is 9.18 Å². The lowest BCUT2D eigenvalue weighted by Crippen LogP contribution is -2.48. The first kappa shape index (κ1) is 20.5. The van der Waals surface area contributed by atoms with Crippen molar-refractivity contribution in [2.24, 2.45) is 4.99 Å². The van der Waals surface area contributed by atoms with Gasteiger partial charge in [0.2, 0.25) is 0 Å². The van der Waals surface area contributed by atoms with E-state index in [0.29, 0.717) is 10.7 Å². The minimum Gasteiger partial charge on any atom is -0.365 e. The third-order valence-electron chi connectivity index (χ3n) is 5.43. The van der Waals surface area contributed by atoms with E-state index in [4.69, 9.17) is 11.6 Å². The Kier molecular flexibility index (Phi) is 5.80. The quantitative estimate of drug-likeness (QED) is 0.597. The zero-order valence-corrected chi connectivity index (χ0v) is 17.6. The molecule has 8 nitrogen and oxygen atoms in total. The van der Waals surface area contributed by atoms with Crippen LogP contribution in [0.5, 0.6) is 0 Å². The van der Waals surface area contributed by atoms with Gasteiger partial charge in [0.15, 0.2) is 11.7 Å². The van der Waals surface area contributed by atoms with Crippen molar-refractivity contribution in [2.75, 3.05) is 14.1 Å². The monoisotopic (exact) mass is 433 g/mol. The van der Waals surface area contributed by atoms with Gasteiger partial charge < -0.3 is 25.8 Å². The van der Waals surface area contributed by atoms with Crippen molar-refractivity contribution >= 4 is 34.5 Å². The molecule has 1 aliphatic heterocycles. The average Bonchev–Trinajstić information content (AvgIpc) is 3.13. The molecule has 3 unspecified atom stereocenters. The maximum Gasteiger partial charge on any atom is 0.317 e. The van der Waals surface area contributed by atoms with Crippen LogP contribution in [0.15, 0.2) is 35.5 Å². The number of halogens is 2. The predicted octanol–water partition coefficient (Wildman–Crippen LogP) is 3.20. The minimum absolute atomic E-state index is 0.0296. The normalized spacial score (nSPS) is 23.9. The number of urea groups is 1. The van der Waals surface area contributed by atoms with E-state index >= 15 is 0 Å². The van der Waals surface area contributed by atoms with Gasteiger partial charge in [-0.15, -0.1) is 0 Å². The third kappa shape index (κ3) is 4.35. The number of amides is 2. The molecule has 3 atom stereocenters. The van der Waals surface area contributed by atoms with E-state index in [1.807, 2.05) is 6.07 Å². The smallest absolute Gasteiger partial charge is 0.317 e. The van der Waals surface area contributed by atoms with E-state index in [1.54, 1.807) is 26.5 Å². The molecule has 0 aromatic carbocycles. The van der Waals surface area contributed by atoms with Gasteiger partial charge >= 0.3 is 6.03 Å². The number of hydrogen-bond acceptors (Lipinski definition) is 5. The summed E-state index contributed by atoms with van der Waals surface area (Å²) in [5, 5.41) is 10.6. The Labute approximate surface area is 179 Å². The molecule has 160 valence electrons. The van der Waals surface area contributed by atoms with Crippen LogP contribution < -0.4 is 16.0 Å². The summed E-state index contributed by atoms with van der Waals surface area (Å²) in [7, 11) is 3.43. The fraction of sp³-hybridized carbons (Fsp3) is 0.450. The molecule has 0 bridgehead atoms.